The van der Waals surface area contributed by atoms with Crippen LogP contribution in [0.5, 0.6) is 0 Å². The third-order valence-corrected chi connectivity index (χ3v) is 5.19. The lowest BCUT2D eigenvalue weighted by molar-refractivity contribution is -0.127. The molecule has 2 aliphatic heterocycles. The molecule has 4 rings (SSSR count). The number of hydrogen-bond donors (Lipinski definition) is 1. The smallest absolute Gasteiger partial charge is 0.254 e. The number of anilines is 1. The summed E-state index contributed by atoms with van der Waals surface area (Å²) in [6.45, 7) is 4.72. The van der Waals surface area contributed by atoms with Gasteiger partial charge in [-0.1, -0.05) is 6.92 Å². The van der Waals surface area contributed by atoms with E-state index in [9.17, 15) is 4.79 Å². The highest BCUT2D eigenvalue weighted by molar-refractivity contribution is 5.93. The van der Waals surface area contributed by atoms with Gasteiger partial charge in [0.05, 0.1) is 18.8 Å². The fraction of sp³-hybridized carbons (Fsp3) is 0.526. The first-order valence-corrected chi connectivity index (χ1v) is 9.23. The molecule has 2 saturated heterocycles. The topological polar surface area (TPSA) is 80.5 Å². The number of aryl methyl sites for hydroxylation is 1. The van der Waals surface area contributed by atoms with Crippen molar-refractivity contribution in [2.45, 2.75) is 44.9 Å². The van der Waals surface area contributed by atoms with E-state index >= 15 is 0 Å². The van der Waals surface area contributed by atoms with Crippen molar-refractivity contribution in [1.29, 1.82) is 0 Å². The Morgan fingerprint density at radius 1 is 1.35 bits per heavy atom. The van der Waals surface area contributed by atoms with Crippen molar-refractivity contribution in [3.8, 4) is 0 Å². The molecule has 7 nitrogen and oxygen atoms in total. The number of amides is 1. The fourth-order valence-electron chi connectivity index (χ4n) is 3.79. The average molecular weight is 356 g/mol. The molecule has 0 bridgehead atoms. The van der Waals surface area contributed by atoms with Gasteiger partial charge in [0.1, 0.15) is 17.6 Å². The second kappa shape index (κ2) is 7.55. The first-order valence-electron chi connectivity index (χ1n) is 9.23. The van der Waals surface area contributed by atoms with Gasteiger partial charge in [-0.2, -0.15) is 0 Å². The molecule has 3 atom stereocenters. The van der Waals surface area contributed by atoms with Crippen LogP contribution in [0.4, 0.5) is 5.82 Å². The first kappa shape index (κ1) is 17.2. The number of piperidine rings is 1. The number of aromatic nitrogens is 2. The standard InChI is InChI=1S/C19H24N4O3/c1-2-14-3-4-15(25-14)11-23-8-5-13-9-16(26-17(13)12-23)19(24)22-18-10-20-6-7-21-18/h3-4,6-7,10,13,16-17H,2,5,8-9,11-12H2,1H3,(H,21,22,24)/t13-,16+,17+/m1/s1. The number of carbonyl (C=O) groups is 1. The molecule has 0 saturated carbocycles. The van der Waals surface area contributed by atoms with Gasteiger partial charge >= 0.3 is 0 Å². The molecule has 2 aromatic heterocycles. The Bertz CT molecular complexity index is 748. The van der Waals surface area contributed by atoms with E-state index in [1.165, 1.54) is 6.20 Å². The Labute approximate surface area is 152 Å². The van der Waals surface area contributed by atoms with Crippen molar-refractivity contribution >= 4 is 11.7 Å². The van der Waals surface area contributed by atoms with Crippen LogP contribution in [-0.2, 0) is 22.5 Å². The maximum Gasteiger partial charge on any atom is 0.254 e. The van der Waals surface area contributed by atoms with E-state index in [0.29, 0.717) is 11.7 Å². The second-order valence-corrected chi connectivity index (χ2v) is 6.98. The lowest BCUT2D eigenvalue weighted by Crippen LogP contribution is -2.41. The normalized spacial score (nSPS) is 25.8. The number of furan rings is 1. The first-order chi connectivity index (χ1) is 12.7. The molecular formula is C19H24N4O3. The van der Waals surface area contributed by atoms with Crippen molar-refractivity contribution < 1.29 is 13.9 Å². The van der Waals surface area contributed by atoms with Gasteiger partial charge in [0, 0.05) is 25.4 Å². The van der Waals surface area contributed by atoms with Crippen molar-refractivity contribution in [3.05, 3.63) is 42.2 Å². The molecule has 2 aromatic rings. The average Bonchev–Trinajstić information content (AvgIpc) is 3.29. The van der Waals surface area contributed by atoms with Crippen molar-refractivity contribution in [2.24, 2.45) is 5.92 Å². The van der Waals surface area contributed by atoms with Crippen LogP contribution in [0.2, 0.25) is 0 Å². The Balaban J connectivity index is 1.32. The molecular weight excluding hydrogens is 332 g/mol. The van der Waals surface area contributed by atoms with Crippen LogP contribution in [0.1, 0.15) is 31.3 Å². The number of rotatable bonds is 5. The largest absolute Gasteiger partial charge is 0.465 e. The summed E-state index contributed by atoms with van der Waals surface area (Å²) in [4.78, 5) is 22.8. The highest BCUT2D eigenvalue weighted by Gasteiger charge is 2.42. The predicted molar refractivity (Wildman–Crippen MR) is 95.4 cm³/mol. The number of likely N-dealkylation sites (tertiary alicyclic amines) is 1. The number of fused-ring (bicyclic) bond motifs is 1. The van der Waals surface area contributed by atoms with Gasteiger partial charge in [0.15, 0.2) is 5.82 Å². The van der Waals surface area contributed by atoms with Crippen LogP contribution in [0, 0.1) is 5.92 Å². The molecule has 7 heteroatoms. The Kier molecular flexibility index (Phi) is 4.99. The molecule has 2 aliphatic rings. The highest BCUT2D eigenvalue weighted by Crippen LogP contribution is 2.34. The molecule has 0 spiro atoms. The third-order valence-electron chi connectivity index (χ3n) is 5.19. The molecule has 1 N–H and O–H groups in total. The van der Waals surface area contributed by atoms with Crippen LogP contribution in [-0.4, -0.2) is 46.1 Å². The zero-order valence-electron chi connectivity index (χ0n) is 14.9. The van der Waals surface area contributed by atoms with Gasteiger partial charge in [-0.05, 0) is 37.4 Å². The van der Waals surface area contributed by atoms with E-state index in [1.54, 1.807) is 12.4 Å². The molecule has 2 fully saturated rings. The summed E-state index contributed by atoms with van der Waals surface area (Å²) in [7, 11) is 0. The van der Waals surface area contributed by atoms with Crippen LogP contribution in [0.25, 0.3) is 0 Å². The van der Waals surface area contributed by atoms with E-state index in [1.807, 2.05) is 6.07 Å². The second-order valence-electron chi connectivity index (χ2n) is 6.98. The van der Waals surface area contributed by atoms with Gasteiger partial charge in [-0.25, -0.2) is 4.98 Å². The minimum Gasteiger partial charge on any atom is -0.465 e. The summed E-state index contributed by atoms with van der Waals surface area (Å²) in [6, 6.07) is 4.10. The number of hydrogen-bond acceptors (Lipinski definition) is 6. The summed E-state index contributed by atoms with van der Waals surface area (Å²) >= 11 is 0. The van der Waals surface area contributed by atoms with E-state index in [0.717, 1.165) is 50.4 Å². The SMILES string of the molecule is CCc1ccc(CN2CC[C@@H]3C[C@@H](C(=O)Nc4cnccn4)O[C@H]3C2)o1. The Morgan fingerprint density at radius 2 is 2.23 bits per heavy atom. The number of nitrogens with one attached hydrogen (secondary N) is 1. The Morgan fingerprint density at radius 3 is 3.00 bits per heavy atom. The lowest BCUT2D eigenvalue weighted by atomic mass is 9.91. The van der Waals surface area contributed by atoms with Gasteiger partial charge < -0.3 is 14.5 Å². The molecule has 0 radical (unpaired) electrons. The van der Waals surface area contributed by atoms with Gasteiger partial charge in [0.2, 0.25) is 0 Å². The Hall–Kier alpha value is -2.25. The van der Waals surface area contributed by atoms with Crippen molar-refractivity contribution in [3.63, 3.8) is 0 Å². The third kappa shape index (κ3) is 3.78. The zero-order chi connectivity index (χ0) is 17.9. The van der Waals surface area contributed by atoms with Crippen LogP contribution in [0.15, 0.2) is 35.1 Å². The van der Waals surface area contributed by atoms with Gasteiger partial charge in [-0.15, -0.1) is 0 Å². The minimum absolute atomic E-state index is 0.0990. The van der Waals surface area contributed by atoms with Gasteiger partial charge in [-0.3, -0.25) is 14.7 Å². The number of carbonyl (C=O) groups excluding carboxylic acids is 1. The quantitative estimate of drug-likeness (QED) is 0.885. The maximum atomic E-state index is 12.4. The molecule has 0 aliphatic carbocycles. The van der Waals surface area contributed by atoms with Crippen LogP contribution >= 0.6 is 0 Å². The zero-order valence-corrected chi connectivity index (χ0v) is 14.9. The summed E-state index contributed by atoms with van der Waals surface area (Å²) < 4.78 is 11.9. The van der Waals surface area contributed by atoms with E-state index in [4.69, 9.17) is 9.15 Å². The maximum absolute atomic E-state index is 12.4. The van der Waals surface area contributed by atoms with E-state index in [2.05, 4.69) is 33.2 Å². The predicted octanol–water partition coefficient (Wildman–Crippen LogP) is 2.25. The minimum atomic E-state index is -0.415. The molecule has 1 amide bonds. The van der Waals surface area contributed by atoms with Crippen LogP contribution < -0.4 is 5.32 Å². The summed E-state index contributed by atoms with van der Waals surface area (Å²) in [6.07, 6.45) is 7.08. The van der Waals surface area contributed by atoms with E-state index in [-0.39, 0.29) is 12.0 Å². The van der Waals surface area contributed by atoms with Crippen molar-refractivity contribution in [1.82, 2.24) is 14.9 Å². The fourth-order valence-corrected chi connectivity index (χ4v) is 3.79. The molecule has 4 heterocycles. The molecule has 0 aromatic carbocycles. The molecule has 138 valence electrons. The number of nitrogens with zero attached hydrogens (tertiary/aromatic N) is 3. The summed E-state index contributed by atoms with van der Waals surface area (Å²) in [5.74, 6) is 2.78. The van der Waals surface area contributed by atoms with Crippen molar-refractivity contribution in [2.75, 3.05) is 18.4 Å². The molecule has 26 heavy (non-hydrogen) atoms. The number of ether oxygens (including phenoxy) is 1. The van der Waals surface area contributed by atoms with E-state index < -0.39 is 6.10 Å². The van der Waals surface area contributed by atoms with Gasteiger partial charge in [0.25, 0.3) is 5.91 Å². The monoisotopic (exact) mass is 356 g/mol. The summed E-state index contributed by atoms with van der Waals surface area (Å²) in [5.41, 5.74) is 0. The molecule has 0 unspecified atom stereocenters. The lowest BCUT2D eigenvalue weighted by Gasteiger charge is -2.33. The highest BCUT2D eigenvalue weighted by atomic mass is 16.5. The summed E-state index contributed by atoms with van der Waals surface area (Å²) in [5, 5.41) is 2.79. The van der Waals surface area contributed by atoms with Crippen LogP contribution in [0.3, 0.4) is 0 Å².